The van der Waals surface area contributed by atoms with Crippen LogP contribution in [0, 0.1) is 0 Å². The van der Waals surface area contributed by atoms with Crippen molar-refractivity contribution >= 4 is 67.4 Å². The zero-order valence-electron chi connectivity index (χ0n) is 28.7. The summed E-state index contributed by atoms with van der Waals surface area (Å²) in [5, 5.41) is 12.5. The fraction of sp³-hybridized carbons (Fsp3) is 0.125. The van der Waals surface area contributed by atoms with Crippen LogP contribution in [0.2, 0.25) is 0 Å². The van der Waals surface area contributed by atoms with E-state index in [4.69, 9.17) is 0 Å². The summed E-state index contributed by atoms with van der Waals surface area (Å²) in [5.41, 5.74) is 8.59. The Balaban J connectivity index is 1.50. The van der Waals surface area contributed by atoms with Crippen LogP contribution in [0.1, 0.15) is 51.3 Å². The van der Waals surface area contributed by atoms with Gasteiger partial charge in [0.1, 0.15) is 0 Å². The molecule has 0 aliphatic heterocycles. The van der Waals surface area contributed by atoms with Crippen molar-refractivity contribution in [3.05, 3.63) is 156 Å². The van der Waals surface area contributed by atoms with Gasteiger partial charge in [0.05, 0.1) is 0 Å². The molecule has 7 aromatic rings. The van der Waals surface area contributed by atoms with Crippen molar-refractivity contribution in [1.29, 1.82) is 0 Å². The normalized spacial score (nSPS) is 13.0. The molecule has 7 aromatic carbocycles. The van der Waals surface area contributed by atoms with E-state index in [9.17, 15) is 0 Å². The van der Waals surface area contributed by atoms with E-state index >= 15 is 0 Å². The van der Waals surface area contributed by atoms with Gasteiger partial charge in [-0.2, -0.15) is 0 Å². The van der Waals surface area contributed by atoms with E-state index in [0.29, 0.717) is 0 Å². The number of fused-ring (bicyclic) bond motifs is 6. The minimum atomic E-state index is -0.0201. The van der Waals surface area contributed by atoms with Crippen molar-refractivity contribution in [3.8, 4) is 22.3 Å². The molecule has 0 saturated carbocycles. The molecule has 0 N–H and O–H groups in total. The molecule has 0 heteroatoms. The van der Waals surface area contributed by atoms with E-state index in [2.05, 4.69) is 175 Å². The SMILES string of the molecule is C=C/C=c1\c(=C/C)c2ccccc2c2cc(-c3cc(-c4ccc5c(/C=C\C)c(C=C)c6ccccc6c5c4)cc(C(C)(C)C)c3)ccc12. The first-order valence-electron chi connectivity index (χ1n) is 16.9. The Kier molecular flexibility index (Phi) is 7.98. The van der Waals surface area contributed by atoms with Crippen LogP contribution in [0.3, 0.4) is 0 Å². The molecule has 0 radical (unpaired) electrons. The molecule has 0 bridgehead atoms. The highest BCUT2D eigenvalue weighted by atomic mass is 14.2. The molecule has 0 aromatic heterocycles. The van der Waals surface area contributed by atoms with Crippen molar-refractivity contribution < 1.29 is 0 Å². The summed E-state index contributed by atoms with van der Waals surface area (Å²) < 4.78 is 0. The fourth-order valence-corrected chi connectivity index (χ4v) is 7.42. The molecular weight excluding hydrogens is 577 g/mol. The zero-order valence-corrected chi connectivity index (χ0v) is 28.7. The van der Waals surface area contributed by atoms with Crippen LogP contribution in [0.5, 0.6) is 0 Å². The third kappa shape index (κ3) is 5.19. The van der Waals surface area contributed by atoms with Crippen molar-refractivity contribution in [2.75, 3.05) is 0 Å². The van der Waals surface area contributed by atoms with Gasteiger partial charge >= 0.3 is 0 Å². The lowest BCUT2D eigenvalue weighted by Gasteiger charge is -2.22. The van der Waals surface area contributed by atoms with E-state index in [-0.39, 0.29) is 5.41 Å². The molecule has 0 aliphatic carbocycles. The molecule has 0 atom stereocenters. The molecular formula is C48H42. The van der Waals surface area contributed by atoms with Gasteiger partial charge in [0.25, 0.3) is 0 Å². The first kappa shape index (κ1) is 31.2. The average molecular weight is 619 g/mol. The van der Waals surface area contributed by atoms with E-state index in [1.807, 2.05) is 12.2 Å². The highest BCUT2D eigenvalue weighted by Gasteiger charge is 2.18. The molecule has 0 heterocycles. The summed E-state index contributed by atoms with van der Waals surface area (Å²) in [6.45, 7) is 19.3. The Morgan fingerprint density at radius 3 is 1.58 bits per heavy atom. The van der Waals surface area contributed by atoms with Gasteiger partial charge in [0.15, 0.2) is 0 Å². The maximum Gasteiger partial charge on any atom is -0.00928 e. The van der Waals surface area contributed by atoms with Gasteiger partial charge in [-0.25, -0.2) is 0 Å². The van der Waals surface area contributed by atoms with Crippen LogP contribution in [0.15, 0.2) is 128 Å². The maximum absolute atomic E-state index is 4.18. The predicted octanol–water partition coefficient (Wildman–Crippen LogP) is 12.4. The van der Waals surface area contributed by atoms with Gasteiger partial charge in [-0.15, -0.1) is 0 Å². The highest BCUT2D eigenvalue weighted by Crippen LogP contribution is 2.39. The standard InChI is InChI=1S/C48H42/c1-8-16-38-36(10-3)40-18-12-14-20-42(40)46-29-31(22-24-44(38)46)33-26-34(28-35(27-33)48(5,6)7)32-23-25-45-39(17-9-2)37(11-4)41-19-13-15-21-43(41)47(45)30-32/h8-30H,1,4H2,2-3,5-7H3/b17-9-,36-10+,38-16+. The smallest absolute Gasteiger partial charge is 0.00928 e. The number of hydrogen-bond donors (Lipinski definition) is 0. The molecule has 0 saturated heterocycles. The van der Waals surface area contributed by atoms with Crippen molar-refractivity contribution in [2.45, 2.75) is 40.0 Å². The van der Waals surface area contributed by atoms with Gasteiger partial charge in [-0.05, 0) is 130 Å². The Morgan fingerprint density at radius 2 is 1.02 bits per heavy atom. The lowest BCUT2D eigenvalue weighted by molar-refractivity contribution is 0.590. The molecule has 48 heavy (non-hydrogen) atoms. The number of hydrogen-bond acceptors (Lipinski definition) is 0. The molecule has 234 valence electrons. The molecule has 0 unspecified atom stereocenters. The van der Waals surface area contributed by atoms with Crippen molar-refractivity contribution in [1.82, 2.24) is 0 Å². The second kappa shape index (κ2) is 12.3. The molecule has 0 fully saturated rings. The van der Waals surface area contributed by atoms with Crippen LogP contribution >= 0.6 is 0 Å². The summed E-state index contributed by atoms with van der Waals surface area (Å²) in [5.74, 6) is 0. The summed E-state index contributed by atoms with van der Waals surface area (Å²) in [6, 6.07) is 38.6. The molecule has 0 nitrogen and oxygen atoms in total. The summed E-state index contributed by atoms with van der Waals surface area (Å²) in [4.78, 5) is 0. The Labute approximate surface area is 284 Å². The van der Waals surface area contributed by atoms with Gasteiger partial charge < -0.3 is 0 Å². The van der Waals surface area contributed by atoms with Gasteiger partial charge in [0, 0.05) is 0 Å². The lowest BCUT2D eigenvalue weighted by Crippen LogP contribution is -2.26. The Hall–Kier alpha value is -5.46. The van der Waals surface area contributed by atoms with Gasteiger partial charge in [0.2, 0.25) is 0 Å². The number of rotatable bonds is 5. The summed E-state index contributed by atoms with van der Waals surface area (Å²) in [7, 11) is 0. The quantitative estimate of drug-likeness (QED) is 0.168. The number of benzene rings is 7. The first-order chi connectivity index (χ1) is 23.3. The van der Waals surface area contributed by atoms with E-state index < -0.39 is 0 Å². The number of allylic oxidation sites excluding steroid dienone is 2. The molecule has 0 amide bonds. The third-order valence-electron chi connectivity index (χ3n) is 9.79. The van der Waals surface area contributed by atoms with Crippen LogP contribution in [-0.4, -0.2) is 0 Å². The monoisotopic (exact) mass is 618 g/mol. The van der Waals surface area contributed by atoms with E-state index in [1.165, 1.54) is 92.5 Å². The Bertz CT molecular complexity index is 2580. The average Bonchev–Trinajstić information content (AvgIpc) is 3.11. The van der Waals surface area contributed by atoms with E-state index in [1.54, 1.807) is 0 Å². The second-order valence-electron chi connectivity index (χ2n) is 13.7. The van der Waals surface area contributed by atoms with Crippen LogP contribution in [0.25, 0.3) is 89.6 Å². The molecule has 0 spiro atoms. The maximum atomic E-state index is 4.18. The molecule has 0 aliphatic rings. The Morgan fingerprint density at radius 1 is 0.500 bits per heavy atom. The van der Waals surface area contributed by atoms with Gasteiger partial charge in [-0.1, -0.05) is 155 Å². The van der Waals surface area contributed by atoms with E-state index in [0.717, 1.165) is 0 Å². The van der Waals surface area contributed by atoms with Crippen LogP contribution in [0.4, 0.5) is 0 Å². The first-order valence-corrected chi connectivity index (χ1v) is 16.9. The largest absolute Gasteiger partial charge is 0.0990 e. The zero-order chi connectivity index (χ0) is 33.6. The van der Waals surface area contributed by atoms with Crippen LogP contribution in [-0.2, 0) is 5.41 Å². The van der Waals surface area contributed by atoms with Crippen molar-refractivity contribution in [2.24, 2.45) is 0 Å². The third-order valence-corrected chi connectivity index (χ3v) is 9.79. The lowest BCUT2D eigenvalue weighted by atomic mass is 9.82. The predicted molar refractivity (Wildman–Crippen MR) is 215 cm³/mol. The molecule has 7 rings (SSSR count). The fourth-order valence-electron chi connectivity index (χ4n) is 7.42. The minimum Gasteiger partial charge on any atom is -0.0990 e. The topological polar surface area (TPSA) is 0 Å². The van der Waals surface area contributed by atoms with Crippen LogP contribution < -0.4 is 10.4 Å². The van der Waals surface area contributed by atoms with Crippen molar-refractivity contribution in [3.63, 3.8) is 0 Å². The summed E-state index contributed by atoms with van der Waals surface area (Å²) in [6.07, 6.45) is 12.6. The summed E-state index contributed by atoms with van der Waals surface area (Å²) >= 11 is 0. The van der Waals surface area contributed by atoms with Gasteiger partial charge in [-0.3, -0.25) is 0 Å². The second-order valence-corrected chi connectivity index (χ2v) is 13.7. The minimum absolute atomic E-state index is 0.0201. The highest BCUT2D eigenvalue weighted by molar-refractivity contribution is 6.16.